The van der Waals surface area contributed by atoms with E-state index in [1.807, 2.05) is 22.9 Å². The van der Waals surface area contributed by atoms with Gasteiger partial charge >= 0.3 is 0 Å². The van der Waals surface area contributed by atoms with Crippen molar-refractivity contribution in [2.75, 3.05) is 0 Å². The molecule has 128 valence electrons. The van der Waals surface area contributed by atoms with Gasteiger partial charge in [-0.3, -0.25) is 4.79 Å². The van der Waals surface area contributed by atoms with Crippen LogP contribution in [0, 0.1) is 0 Å². The summed E-state index contributed by atoms with van der Waals surface area (Å²) in [5, 5.41) is 9.17. The summed E-state index contributed by atoms with van der Waals surface area (Å²) >= 11 is 6.09. The fourth-order valence-electron chi connectivity index (χ4n) is 2.44. The average molecular weight is 416 g/mol. The van der Waals surface area contributed by atoms with Gasteiger partial charge in [0, 0.05) is 12.3 Å². The second-order valence-electron chi connectivity index (χ2n) is 5.17. The normalized spacial score (nSPS) is 11.4. The first kappa shape index (κ1) is 15.9. The second-order valence-corrected chi connectivity index (χ2v) is 9.25. The minimum Gasteiger partial charge on any atom is -0.331 e. The van der Waals surface area contributed by atoms with Gasteiger partial charge in [0.05, 0.1) is 15.4 Å². The maximum Gasteiger partial charge on any atom is 0.275 e. The molecule has 0 aromatic carbocycles. The van der Waals surface area contributed by atoms with Crippen molar-refractivity contribution >= 4 is 50.7 Å². The predicted octanol–water partition coefficient (Wildman–Crippen LogP) is 4.48. The molecule has 0 bridgehead atoms. The van der Waals surface area contributed by atoms with Gasteiger partial charge in [-0.05, 0) is 34.7 Å². The van der Waals surface area contributed by atoms with E-state index in [1.54, 1.807) is 22.7 Å². The molecule has 5 heterocycles. The van der Waals surface area contributed by atoms with Crippen molar-refractivity contribution in [1.82, 2.24) is 24.6 Å². The molecule has 0 radical (unpaired) electrons. The lowest BCUT2D eigenvalue weighted by Crippen LogP contribution is -2.12. The highest BCUT2D eigenvalue weighted by Gasteiger charge is 2.18. The molecule has 1 N–H and O–H groups in total. The molecule has 0 saturated carbocycles. The van der Waals surface area contributed by atoms with E-state index in [4.69, 9.17) is 4.98 Å². The molecule has 0 fully saturated rings. The van der Waals surface area contributed by atoms with E-state index in [0.29, 0.717) is 9.30 Å². The fraction of sp³-hybridized carbons (Fsp3) is 0. The van der Waals surface area contributed by atoms with E-state index >= 15 is 0 Å². The molecular formula is C16H9N5OS4. The zero-order valence-corrected chi connectivity index (χ0v) is 16.2. The van der Waals surface area contributed by atoms with Crippen LogP contribution in [0.4, 0.5) is 0 Å². The first-order valence-electron chi connectivity index (χ1n) is 7.48. The molecule has 0 spiro atoms. The van der Waals surface area contributed by atoms with Gasteiger partial charge in [0.25, 0.3) is 5.56 Å². The molecule has 5 aromatic rings. The number of thiophene rings is 2. The first-order chi connectivity index (χ1) is 12.8. The van der Waals surface area contributed by atoms with Crippen LogP contribution in [0.5, 0.6) is 0 Å². The smallest absolute Gasteiger partial charge is 0.275 e. The SMILES string of the molecule is O=c1ccnc2sc(Sc3nc(-c4cccs4)c(-c4cccs4)[nH]3)nn12. The number of nitrogens with zero attached hydrogens (tertiary/aromatic N) is 4. The number of hydrogen-bond acceptors (Lipinski definition) is 8. The van der Waals surface area contributed by atoms with Gasteiger partial charge in [-0.1, -0.05) is 23.5 Å². The van der Waals surface area contributed by atoms with Crippen LogP contribution < -0.4 is 5.56 Å². The van der Waals surface area contributed by atoms with Gasteiger partial charge in [0.1, 0.15) is 5.69 Å². The lowest BCUT2D eigenvalue weighted by molar-refractivity contribution is 0.855. The Kier molecular flexibility index (Phi) is 3.97. The molecule has 0 unspecified atom stereocenters. The maximum absolute atomic E-state index is 11.9. The maximum atomic E-state index is 11.9. The Morgan fingerprint density at radius 3 is 2.62 bits per heavy atom. The summed E-state index contributed by atoms with van der Waals surface area (Å²) in [6.45, 7) is 0. The van der Waals surface area contributed by atoms with Crippen LogP contribution in [0.15, 0.2) is 61.6 Å². The Labute approximate surface area is 163 Å². The monoisotopic (exact) mass is 415 g/mol. The number of aromatic amines is 1. The number of H-pyrrole nitrogens is 1. The Hall–Kier alpha value is -2.27. The second kappa shape index (κ2) is 6.47. The number of imidazole rings is 1. The van der Waals surface area contributed by atoms with Crippen molar-refractivity contribution in [2.24, 2.45) is 0 Å². The minimum absolute atomic E-state index is 0.184. The van der Waals surface area contributed by atoms with Crippen LogP contribution in [0.25, 0.3) is 26.1 Å². The Morgan fingerprint density at radius 1 is 1.08 bits per heavy atom. The number of nitrogens with one attached hydrogen (secondary N) is 1. The molecule has 5 rings (SSSR count). The average Bonchev–Trinajstić information content (AvgIpc) is 3.41. The summed E-state index contributed by atoms with van der Waals surface area (Å²) in [7, 11) is 0. The quantitative estimate of drug-likeness (QED) is 0.468. The summed E-state index contributed by atoms with van der Waals surface area (Å²) in [5.41, 5.74) is 1.75. The van der Waals surface area contributed by atoms with Crippen molar-refractivity contribution in [3.8, 4) is 21.1 Å². The molecule has 0 amide bonds. The van der Waals surface area contributed by atoms with E-state index in [1.165, 1.54) is 39.9 Å². The fourth-order valence-corrected chi connectivity index (χ4v) is 5.70. The third-order valence-corrected chi connectivity index (χ3v) is 7.16. The van der Waals surface area contributed by atoms with Crippen LogP contribution in [-0.2, 0) is 0 Å². The highest BCUT2D eigenvalue weighted by molar-refractivity contribution is 8.01. The Bertz CT molecular complexity index is 1180. The lowest BCUT2D eigenvalue weighted by Gasteiger charge is -1.96. The highest BCUT2D eigenvalue weighted by Crippen LogP contribution is 2.38. The van der Waals surface area contributed by atoms with E-state index in [-0.39, 0.29) is 5.56 Å². The molecule has 26 heavy (non-hydrogen) atoms. The van der Waals surface area contributed by atoms with Gasteiger partial charge in [-0.25, -0.2) is 9.97 Å². The number of fused-ring (bicyclic) bond motifs is 1. The van der Waals surface area contributed by atoms with Gasteiger partial charge in [0.2, 0.25) is 4.96 Å². The summed E-state index contributed by atoms with van der Waals surface area (Å²) < 4.78 is 2.03. The number of hydrogen-bond donors (Lipinski definition) is 1. The lowest BCUT2D eigenvalue weighted by atomic mass is 10.2. The molecule has 6 nitrogen and oxygen atoms in total. The number of rotatable bonds is 4. The molecule has 0 aliphatic carbocycles. The molecule has 0 aliphatic heterocycles. The largest absolute Gasteiger partial charge is 0.331 e. The van der Waals surface area contributed by atoms with Crippen molar-refractivity contribution in [1.29, 1.82) is 0 Å². The van der Waals surface area contributed by atoms with Gasteiger partial charge in [-0.15, -0.1) is 27.8 Å². The zero-order chi connectivity index (χ0) is 17.5. The standard InChI is InChI=1S/C16H9N5OS4/c22-11-5-6-17-15-21(11)20-16(26-15)25-14-18-12(9-3-1-7-23-9)13(19-14)10-4-2-8-24-10/h1-8H,(H,18,19). The minimum atomic E-state index is -0.184. The molecule has 0 atom stereocenters. The highest BCUT2D eigenvalue weighted by atomic mass is 32.2. The van der Waals surface area contributed by atoms with E-state index in [9.17, 15) is 4.79 Å². The van der Waals surface area contributed by atoms with Gasteiger partial charge in [0.15, 0.2) is 9.50 Å². The molecule has 0 aliphatic rings. The van der Waals surface area contributed by atoms with E-state index < -0.39 is 0 Å². The third-order valence-electron chi connectivity index (χ3n) is 3.54. The van der Waals surface area contributed by atoms with Gasteiger partial charge in [-0.2, -0.15) is 4.52 Å². The van der Waals surface area contributed by atoms with Crippen LogP contribution in [-0.4, -0.2) is 24.6 Å². The topological polar surface area (TPSA) is 75.9 Å². The van der Waals surface area contributed by atoms with Crippen LogP contribution in [0.1, 0.15) is 0 Å². The summed E-state index contributed by atoms with van der Waals surface area (Å²) in [4.78, 5) is 27.0. The van der Waals surface area contributed by atoms with Crippen molar-refractivity contribution in [3.63, 3.8) is 0 Å². The zero-order valence-electron chi connectivity index (χ0n) is 12.9. The predicted molar refractivity (Wildman–Crippen MR) is 106 cm³/mol. The van der Waals surface area contributed by atoms with Crippen molar-refractivity contribution in [2.45, 2.75) is 9.50 Å². The molecular weight excluding hydrogens is 406 g/mol. The van der Waals surface area contributed by atoms with E-state index in [2.05, 4.69) is 27.2 Å². The third kappa shape index (κ3) is 2.80. The van der Waals surface area contributed by atoms with Crippen molar-refractivity contribution < 1.29 is 0 Å². The van der Waals surface area contributed by atoms with Crippen LogP contribution >= 0.6 is 45.8 Å². The van der Waals surface area contributed by atoms with E-state index in [0.717, 1.165) is 26.3 Å². The Balaban J connectivity index is 1.58. The van der Waals surface area contributed by atoms with Crippen LogP contribution in [0.2, 0.25) is 0 Å². The molecule has 5 aromatic heterocycles. The molecule has 0 saturated heterocycles. The Morgan fingerprint density at radius 2 is 1.88 bits per heavy atom. The molecule has 10 heteroatoms. The summed E-state index contributed by atoms with van der Waals surface area (Å²) in [6.07, 6.45) is 1.50. The van der Waals surface area contributed by atoms with Crippen LogP contribution in [0.3, 0.4) is 0 Å². The van der Waals surface area contributed by atoms with Gasteiger partial charge < -0.3 is 4.98 Å². The first-order valence-corrected chi connectivity index (χ1v) is 10.9. The van der Waals surface area contributed by atoms with Crippen molar-refractivity contribution in [3.05, 3.63) is 57.6 Å². The number of aromatic nitrogens is 5. The summed E-state index contributed by atoms with van der Waals surface area (Å²) in [6, 6.07) is 9.58. The summed E-state index contributed by atoms with van der Waals surface area (Å²) in [5.74, 6) is 0.